The Bertz CT molecular complexity index is 699. The number of aromatic nitrogens is 3. The van der Waals surface area contributed by atoms with E-state index in [1.54, 1.807) is 0 Å². The Balaban J connectivity index is 0.00000116. The number of fused-ring (bicyclic) bond motifs is 1. The van der Waals surface area contributed by atoms with Gasteiger partial charge in [0.2, 0.25) is 0 Å². The SMILES string of the molecule is C=C/C(C)=C\C=C(/C)c1cnc2ncnc(NC)c2c1.CC. The maximum Gasteiger partial charge on any atom is 0.164 e. The van der Waals surface area contributed by atoms with E-state index in [4.69, 9.17) is 0 Å². The molecule has 0 atom stereocenters. The van der Waals surface area contributed by atoms with E-state index in [1.807, 2.05) is 46.2 Å². The Labute approximate surface area is 132 Å². The molecule has 0 aliphatic heterocycles. The van der Waals surface area contributed by atoms with Gasteiger partial charge in [-0.15, -0.1) is 0 Å². The predicted octanol–water partition coefficient (Wildman–Crippen LogP) is 4.63. The molecule has 2 heterocycles. The van der Waals surface area contributed by atoms with Crippen molar-refractivity contribution in [1.82, 2.24) is 15.0 Å². The second kappa shape index (κ2) is 8.72. The molecule has 0 saturated heterocycles. The summed E-state index contributed by atoms with van der Waals surface area (Å²) in [6.45, 7) is 11.8. The molecule has 0 fully saturated rings. The molecule has 1 N–H and O–H groups in total. The zero-order valence-corrected chi connectivity index (χ0v) is 14.0. The molecular weight excluding hydrogens is 272 g/mol. The molecular formula is C18H24N4. The van der Waals surface area contributed by atoms with Crippen molar-refractivity contribution in [2.45, 2.75) is 27.7 Å². The van der Waals surface area contributed by atoms with Gasteiger partial charge in [-0.25, -0.2) is 15.0 Å². The lowest BCUT2D eigenvalue weighted by atomic mass is 10.1. The van der Waals surface area contributed by atoms with Crippen molar-refractivity contribution in [2.24, 2.45) is 0 Å². The molecule has 0 spiro atoms. The number of anilines is 1. The third-order valence-corrected chi connectivity index (χ3v) is 3.10. The quantitative estimate of drug-likeness (QED) is 0.836. The zero-order chi connectivity index (χ0) is 16.5. The molecule has 116 valence electrons. The van der Waals surface area contributed by atoms with E-state index in [1.165, 1.54) is 6.33 Å². The lowest BCUT2D eigenvalue weighted by Crippen LogP contribution is -1.97. The van der Waals surface area contributed by atoms with Crippen molar-refractivity contribution in [3.63, 3.8) is 0 Å². The van der Waals surface area contributed by atoms with Gasteiger partial charge in [-0.2, -0.15) is 0 Å². The minimum Gasteiger partial charge on any atom is -0.372 e. The first kappa shape index (κ1) is 17.6. The van der Waals surface area contributed by atoms with Gasteiger partial charge < -0.3 is 5.32 Å². The van der Waals surface area contributed by atoms with Gasteiger partial charge in [-0.05, 0) is 31.1 Å². The minimum atomic E-state index is 0.693. The van der Waals surface area contributed by atoms with Gasteiger partial charge in [0, 0.05) is 13.2 Å². The van der Waals surface area contributed by atoms with Crippen LogP contribution in [0, 0.1) is 0 Å². The third kappa shape index (κ3) is 4.25. The van der Waals surface area contributed by atoms with Crippen molar-refractivity contribution in [3.8, 4) is 0 Å². The van der Waals surface area contributed by atoms with Crippen LogP contribution in [0.1, 0.15) is 33.3 Å². The summed E-state index contributed by atoms with van der Waals surface area (Å²) in [5, 5.41) is 3.98. The van der Waals surface area contributed by atoms with E-state index in [2.05, 4.69) is 45.9 Å². The van der Waals surface area contributed by atoms with Crippen molar-refractivity contribution in [3.05, 3.63) is 54.5 Å². The van der Waals surface area contributed by atoms with E-state index in [0.717, 1.165) is 27.9 Å². The normalized spacial score (nSPS) is 11.7. The van der Waals surface area contributed by atoms with Gasteiger partial charge in [-0.3, -0.25) is 0 Å². The van der Waals surface area contributed by atoms with Crippen molar-refractivity contribution in [2.75, 3.05) is 12.4 Å². The Morgan fingerprint density at radius 3 is 2.50 bits per heavy atom. The minimum absolute atomic E-state index is 0.693. The van der Waals surface area contributed by atoms with Crippen molar-refractivity contribution < 1.29 is 0 Å². The summed E-state index contributed by atoms with van der Waals surface area (Å²) in [5.41, 5.74) is 4.00. The summed E-state index contributed by atoms with van der Waals surface area (Å²) < 4.78 is 0. The van der Waals surface area contributed by atoms with E-state index < -0.39 is 0 Å². The second-order valence-electron chi connectivity index (χ2n) is 4.53. The molecule has 0 aromatic carbocycles. The average molecular weight is 296 g/mol. The third-order valence-electron chi connectivity index (χ3n) is 3.10. The van der Waals surface area contributed by atoms with Crippen LogP contribution in [0.4, 0.5) is 5.82 Å². The number of allylic oxidation sites excluding steroid dienone is 5. The molecule has 22 heavy (non-hydrogen) atoms. The maximum atomic E-state index is 4.39. The second-order valence-corrected chi connectivity index (χ2v) is 4.53. The largest absolute Gasteiger partial charge is 0.372 e. The first-order valence-corrected chi connectivity index (χ1v) is 7.42. The topological polar surface area (TPSA) is 50.7 Å². The fourth-order valence-corrected chi connectivity index (χ4v) is 1.78. The maximum absolute atomic E-state index is 4.39. The van der Waals surface area contributed by atoms with Gasteiger partial charge in [0.15, 0.2) is 5.65 Å². The van der Waals surface area contributed by atoms with Gasteiger partial charge in [0.05, 0.1) is 5.39 Å². The van der Waals surface area contributed by atoms with Crippen molar-refractivity contribution >= 4 is 22.4 Å². The van der Waals surface area contributed by atoms with Gasteiger partial charge in [0.1, 0.15) is 12.1 Å². The summed E-state index contributed by atoms with van der Waals surface area (Å²) in [7, 11) is 1.84. The fraction of sp³-hybridized carbons (Fsp3) is 0.278. The lowest BCUT2D eigenvalue weighted by Gasteiger charge is -2.06. The van der Waals surface area contributed by atoms with Crippen LogP contribution in [0.25, 0.3) is 16.6 Å². The van der Waals surface area contributed by atoms with Crippen LogP contribution in [-0.4, -0.2) is 22.0 Å². The Kier molecular flexibility index (Phi) is 6.96. The van der Waals surface area contributed by atoms with Crippen molar-refractivity contribution in [1.29, 1.82) is 0 Å². The molecule has 0 amide bonds. The zero-order valence-electron chi connectivity index (χ0n) is 14.0. The molecule has 4 nitrogen and oxygen atoms in total. The monoisotopic (exact) mass is 296 g/mol. The molecule has 0 bridgehead atoms. The first-order chi connectivity index (χ1) is 10.7. The number of hydrogen-bond acceptors (Lipinski definition) is 4. The molecule has 0 aliphatic rings. The summed E-state index contributed by atoms with van der Waals surface area (Å²) in [4.78, 5) is 12.8. The summed E-state index contributed by atoms with van der Waals surface area (Å²) >= 11 is 0. The van der Waals surface area contributed by atoms with Crippen LogP contribution in [0.15, 0.2) is 49.0 Å². The van der Waals surface area contributed by atoms with E-state index in [9.17, 15) is 0 Å². The molecule has 0 radical (unpaired) electrons. The molecule has 2 aromatic rings. The van der Waals surface area contributed by atoms with Crippen LogP contribution in [0.3, 0.4) is 0 Å². The highest BCUT2D eigenvalue weighted by molar-refractivity contribution is 5.88. The van der Waals surface area contributed by atoms with Crippen LogP contribution in [-0.2, 0) is 0 Å². The average Bonchev–Trinajstić information content (AvgIpc) is 2.59. The van der Waals surface area contributed by atoms with Crippen LogP contribution < -0.4 is 5.32 Å². The number of pyridine rings is 1. The standard InChI is InChI=1S/C16H18N4.C2H6/c1-5-11(2)6-7-12(3)13-8-14-15(17-4)19-10-20-16(14)18-9-13;1-2/h5-10H,1H2,2-4H3,(H,17,18,19,20);1-2H3/b11-6-,12-7+;. The van der Waals surface area contributed by atoms with Gasteiger partial charge in [0.25, 0.3) is 0 Å². The molecule has 4 heteroatoms. The molecule has 2 rings (SSSR count). The molecule has 0 unspecified atom stereocenters. The van der Waals surface area contributed by atoms with Crippen LogP contribution >= 0.6 is 0 Å². The highest BCUT2D eigenvalue weighted by atomic mass is 15.0. The summed E-state index contributed by atoms with van der Waals surface area (Å²) in [5.74, 6) is 0.787. The Morgan fingerprint density at radius 1 is 1.14 bits per heavy atom. The first-order valence-electron chi connectivity index (χ1n) is 7.42. The number of hydrogen-bond donors (Lipinski definition) is 1. The summed E-state index contributed by atoms with van der Waals surface area (Å²) in [6, 6.07) is 2.05. The van der Waals surface area contributed by atoms with Crippen LogP contribution in [0.2, 0.25) is 0 Å². The van der Waals surface area contributed by atoms with E-state index in [0.29, 0.717) is 5.65 Å². The highest BCUT2D eigenvalue weighted by Crippen LogP contribution is 2.22. The number of nitrogens with one attached hydrogen (secondary N) is 1. The highest BCUT2D eigenvalue weighted by Gasteiger charge is 2.05. The van der Waals surface area contributed by atoms with E-state index in [-0.39, 0.29) is 0 Å². The lowest BCUT2D eigenvalue weighted by molar-refractivity contribution is 1.17. The van der Waals surface area contributed by atoms with Gasteiger partial charge >= 0.3 is 0 Å². The fourth-order valence-electron chi connectivity index (χ4n) is 1.78. The summed E-state index contributed by atoms with van der Waals surface area (Å²) in [6.07, 6.45) is 9.27. The van der Waals surface area contributed by atoms with E-state index >= 15 is 0 Å². The number of rotatable bonds is 4. The smallest absolute Gasteiger partial charge is 0.164 e. The predicted molar refractivity (Wildman–Crippen MR) is 95.8 cm³/mol. The van der Waals surface area contributed by atoms with Crippen LogP contribution in [0.5, 0.6) is 0 Å². The molecule has 0 saturated carbocycles. The molecule has 2 aromatic heterocycles. The Morgan fingerprint density at radius 2 is 1.86 bits per heavy atom. The molecule has 0 aliphatic carbocycles. The Hall–Kier alpha value is -2.49. The van der Waals surface area contributed by atoms with Gasteiger partial charge in [-0.1, -0.05) is 44.2 Å². The number of nitrogens with zero attached hydrogens (tertiary/aromatic N) is 3.